The highest BCUT2D eigenvalue weighted by Gasteiger charge is 2.60. The maximum atomic E-state index is 9.49. The van der Waals surface area contributed by atoms with Gasteiger partial charge in [0.05, 0.1) is 25.3 Å². The van der Waals surface area contributed by atoms with Gasteiger partial charge in [-0.1, -0.05) is 0 Å². The van der Waals surface area contributed by atoms with Gasteiger partial charge in [0.15, 0.2) is 0 Å². The molecule has 1 saturated heterocycles. The van der Waals surface area contributed by atoms with E-state index in [2.05, 4.69) is 23.0 Å². The highest BCUT2D eigenvalue weighted by Crippen LogP contribution is 2.56. The summed E-state index contributed by atoms with van der Waals surface area (Å²) in [4.78, 5) is 6.56. The summed E-state index contributed by atoms with van der Waals surface area (Å²) in [7, 11) is 3.77. The van der Waals surface area contributed by atoms with E-state index in [-0.39, 0.29) is 17.4 Å². The Labute approximate surface area is 107 Å². The second-order valence-electron chi connectivity index (χ2n) is 5.36. The zero-order valence-electron chi connectivity index (χ0n) is 10.8. The van der Waals surface area contributed by atoms with Gasteiger partial charge >= 0.3 is 0 Å². The fourth-order valence-corrected chi connectivity index (χ4v) is 3.27. The molecule has 2 fully saturated rings. The van der Waals surface area contributed by atoms with E-state index in [0.29, 0.717) is 0 Å². The first-order valence-corrected chi connectivity index (χ1v) is 6.31. The molecule has 0 bridgehead atoms. The minimum Gasteiger partial charge on any atom is -0.495 e. The molecular weight excluding hydrogens is 226 g/mol. The number of hydrogen-bond donors (Lipinski definition) is 0. The van der Waals surface area contributed by atoms with E-state index in [1.54, 1.807) is 13.3 Å². The second kappa shape index (κ2) is 3.96. The Morgan fingerprint density at radius 1 is 1.50 bits per heavy atom. The zero-order chi connectivity index (χ0) is 12.8. The van der Waals surface area contributed by atoms with Crippen molar-refractivity contribution in [2.24, 2.45) is 5.92 Å². The summed E-state index contributed by atoms with van der Waals surface area (Å²) >= 11 is 0. The molecule has 1 spiro atoms. The van der Waals surface area contributed by atoms with Crippen LogP contribution in [0.4, 0.5) is 0 Å². The summed E-state index contributed by atoms with van der Waals surface area (Å²) in [6.45, 7) is 0.938. The van der Waals surface area contributed by atoms with E-state index in [4.69, 9.17) is 4.74 Å². The molecule has 2 heterocycles. The van der Waals surface area contributed by atoms with Crippen LogP contribution in [0.2, 0.25) is 0 Å². The van der Waals surface area contributed by atoms with Crippen LogP contribution >= 0.6 is 0 Å². The quantitative estimate of drug-likeness (QED) is 0.794. The van der Waals surface area contributed by atoms with Crippen LogP contribution in [0, 0.1) is 17.2 Å². The maximum absolute atomic E-state index is 9.49. The highest BCUT2D eigenvalue weighted by atomic mass is 16.5. The van der Waals surface area contributed by atoms with Crippen LogP contribution in [-0.4, -0.2) is 36.1 Å². The van der Waals surface area contributed by atoms with E-state index in [9.17, 15) is 5.26 Å². The lowest BCUT2D eigenvalue weighted by Gasteiger charge is -2.20. The van der Waals surface area contributed by atoms with Gasteiger partial charge in [-0.2, -0.15) is 5.26 Å². The Morgan fingerprint density at radius 2 is 2.28 bits per heavy atom. The molecular formula is C14H17N3O. The normalized spacial score (nSPS) is 29.2. The number of likely N-dealkylation sites (N-methyl/N-ethyl adjacent to an activating group) is 1. The summed E-state index contributed by atoms with van der Waals surface area (Å²) in [5, 5.41) is 9.49. The van der Waals surface area contributed by atoms with Gasteiger partial charge in [0.25, 0.3) is 0 Å². The van der Waals surface area contributed by atoms with Crippen LogP contribution in [0.1, 0.15) is 24.3 Å². The Morgan fingerprint density at radius 3 is 2.89 bits per heavy atom. The standard InChI is InChI=1S/C14H17N3O/c1-17-9-12(13(6-15)14(17)3-4-14)10-5-11(18-2)8-16-7-10/h5,7-8,12-13H,3-4,9H2,1-2H3/t12-,13?/m0/s1. The molecule has 3 rings (SSSR count). The second-order valence-corrected chi connectivity index (χ2v) is 5.36. The molecule has 1 aromatic heterocycles. The minimum atomic E-state index is 0.0800. The monoisotopic (exact) mass is 243 g/mol. The smallest absolute Gasteiger partial charge is 0.137 e. The third kappa shape index (κ3) is 1.51. The molecule has 0 aromatic carbocycles. The Bertz CT molecular complexity index is 504. The van der Waals surface area contributed by atoms with Gasteiger partial charge in [-0.25, -0.2) is 0 Å². The number of likely N-dealkylation sites (tertiary alicyclic amines) is 1. The number of hydrogen-bond acceptors (Lipinski definition) is 4. The van der Waals surface area contributed by atoms with E-state index in [1.807, 2.05) is 12.3 Å². The molecule has 0 N–H and O–H groups in total. The summed E-state index contributed by atoms with van der Waals surface area (Å²) in [5.74, 6) is 1.10. The zero-order valence-corrected chi connectivity index (χ0v) is 10.8. The number of nitrogens with zero attached hydrogens (tertiary/aromatic N) is 3. The highest BCUT2D eigenvalue weighted by molar-refractivity contribution is 5.33. The molecule has 2 atom stereocenters. The molecule has 1 aliphatic heterocycles. The largest absolute Gasteiger partial charge is 0.495 e. The third-order valence-corrected chi connectivity index (χ3v) is 4.51. The number of nitriles is 1. The van der Waals surface area contributed by atoms with Gasteiger partial charge in [0, 0.05) is 24.2 Å². The summed E-state index contributed by atoms with van der Waals surface area (Å²) < 4.78 is 5.22. The number of ether oxygens (including phenoxy) is 1. The predicted octanol–water partition coefficient (Wildman–Crippen LogP) is 1.79. The fourth-order valence-electron chi connectivity index (χ4n) is 3.27. The van der Waals surface area contributed by atoms with Crippen molar-refractivity contribution in [3.05, 3.63) is 24.0 Å². The molecule has 18 heavy (non-hydrogen) atoms. The van der Waals surface area contributed by atoms with Crippen LogP contribution in [0.25, 0.3) is 0 Å². The SMILES string of the molecule is COc1cncc([C@@H]2CN(C)C3(CC3)C2C#N)c1. The average molecular weight is 243 g/mol. The van der Waals surface area contributed by atoms with Gasteiger partial charge in [0.1, 0.15) is 5.75 Å². The summed E-state index contributed by atoms with van der Waals surface area (Å²) in [6.07, 6.45) is 5.87. The van der Waals surface area contributed by atoms with Crippen molar-refractivity contribution in [2.45, 2.75) is 24.3 Å². The molecule has 1 aliphatic carbocycles. The van der Waals surface area contributed by atoms with Crippen LogP contribution < -0.4 is 4.74 Å². The number of methoxy groups -OCH3 is 1. The van der Waals surface area contributed by atoms with Crippen molar-refractivity contribution >= 4 is 0 Å². The van der Waals surface area contributed by atoms with Crippen molar-refractivity contribution in [3.8, 4) is 11.8 Å². The lowest BCUT2D eigenvalue weighted by atomic mass is 9.85. The summed E-state index contributed by atoms with van der Waals surface area (Å²) in [6, 6.07) is 4.53. The molecule has 0 amide bonds. The number of pyridine rings is 1. The van der Waals surface area contributed by atoms with Crippen LogP contribution in [-0.2, 0) is 0 Å². The predicted molar refractivity (Wildman–Crippen MR) is 67.2 cm³/mol. The molecule has 1 saturated carbocycles. The van der Waals surface area contributed by atoms with Crippen molar-refractivity contribution in [1.29, 1.82) is 5.26 Å². The number of rotatable bonds is 2. The third-order valence-electron chi connectivity index (χ3n) is 4.51. The maximum Gasteiger partial charge on any atom is 0.137 e. The first-order valence-electron chi connectivity index (χ1n) is 6.31. The van der Waals surface area contributed by atoms with E-state index < -0.39 is 0 Å². The first-order chi connectivity index (χ1) is 8.71. The van der Waals surface area contributed by atoms with Gasteiger partial charge in [-0.15, -0.1) is 0 Å². The van der Waals surface area contributed by atoms with Crippen molar-refractivity contribution in [2.75, 3.05) is 20.7 Å². The van der Waals surface area contributed by atoms with Gasteiger partial charge in [0.2, 0.25) is 0 Å². The lowest BCUT2D eigenvalue weighted by Crippen LogP contribution is -2.30. The Kier molecular flexibility index (Phi) is 2.53. The molecule has 4 nitrogen and oxygen atoms in total. The fraction of sp³-hybridized carbons (Fsp3) is 0.571. The van der Waals surface area contributed by atoms with Gasteiger partial charge in [-0.05, 0) is 31.5 Å². The molecule has 0 radical (unpaired) electrons. The molecule has 1 aromatic rings. The molecule has 94 valence electrons. The van der Waals surface area contributed by atoms with Crippen molar-refractivity contribution in [3.63, 3.8) is 0 Å². The average Bonchev–Trinajstić information content (AvgIpc) is 3.14. The van der Waals surface area contributed by atoms with Gasteiger partial charge < -0.3 is 4.74 Å². The van der Waals surface area contributed by atoms with E-state index >= 15 is 0 Å². The van der Waals surface area contributed by atoms with Crippen LogP contribution in [0.5, 0.6) is 5.75 Å². The van der Waals surface area contributed by atoms with Crippen molar-refractivity contribution in [1.82, 2.24) is 9.88 Å². The Balaban J connectivity index is 1.94. The minimum absolute atomic E-state index is 0.0800. The van der Waals surface area contributed by atoms with Gasteiger partial charge in [-0.3, -0.25) is 9.88 Å². The number of aromatic nitrogens is 1. The topological polar surface area (TPSA) is 49.1 Å². The van der Waals surface area contributed by atoms with Crippen LogP contribution in [0.15, 0.2) is 18.5 Å². The van der Waals surface area contributed by atoms with E-state index in [0.717, 1.165) is 30.7 Å². The Hall–Kier alpha value is -1.60. The molecule has 2 aliphatic rings. The summed E-state index contributed by atoms with van der Waals surface area (Å²) in [5.41, 5.74) is 1.26. The first kappa shape index (κ1) is 11.5. The molecule has 4 heteroatoms. The molecule has 1 unspecified atom stereocenters. The van der Waals surface area contributed by atoms with E-state index in [1.165, 1.54) is 0 Å². The van der Waals surface area contributed by atoms with Crippen molar-refractivity contribution < 1.29 is 4.74 Å². The lowest BCUT2D eigenvalue weighted by molar-refractivity contribution is 0.270. The van der Waals surface area contributed by atoms with Crippen LogP contribution in [0.3, 0.4) is 0 Å².